The van der Waals surface area contributed by atoms with Crippen LogP contribution < -0.4 is 0 Å². The van der Waals surface area contributed by atoms with Crippen LogP contribution in [0.3, 0.4) is 0 Å². The lowest BCUT2D eigenvalue weighted by molar-refractivity contribution is -0.204. The first-order valence-electron chi connectivity index (χ1n) is 6.50. The van der Waals surface area contributed by atoms with Crippen molar-refractivity contribution in [3.05, 3.63) is 11.7 Å². The van der Waals surface area contributed by atoms with E-state index in [4.69, 9.17) is 14.4 Å². The molecule has 0 aliphatic carbocycles. The fraction of sp³-hybridized carbons (Fsp3) is 0.833. The maximum atomic E-state index is 12.3. The van der Waals surface area contributed by atoms with Crippen molar-refractivity contribution >= 4 is 0 Å². The SMILES string of the molecule is CCOC(CC)(CC)c1noc(CC(O)C(F)(F)F)n1. The van der Waals surface area contributed by atoms with Gasteiger partial charge in [0.2, 0.25) is 11.7 Å². The average molecular weight is 296 g/mol. The molecule has 1 heterocycles. The summed E-state index contributed by atoms with van der Waals surface area (Å²) in [5, 5.41) is 12.7. The van der Waals surface area contributed by atoms with Gasteiger partial charge in [0.05, 0.1) is 6.42 Å². The molecule has 0 bridgehead atoms. The number of rotatable bonds is 7. The van der Waals surface area contributed by atoms with Crippen molar-refractivity contribution in [1.29, 1.82) is 0 Å². The molecule has 0 fully saturated rings. The maximum absolute atomic E-state index is 12.3. The van der Waals surface area contributed by atoms with E-state index in [1.54, 1.807) is 0 Å². The largest absolute Gasteiger partial charge is 0.414 e. The number of nitrogens with zero attached hydrogens (tertiary/aromatic N) is 2. The first-order valence-corrected chi connectivity index (χ1v) is 6.50. The van der Waals surface area contributed by atoms with Gasteiger partial charge in [-0.1, -0.05) is 19.0 Å². The van der Waals surface area contributed by atoms with Crippen molar-refractivity contribution in [2.75, 3.05) is 6.61 Å². The van der Waals surface area contributed by atoms with E-state index in [1.165, 1.54) is 0 Å². The van der Waals surface area contributed by atoms with E-state index in [-0.39, 0.29) is 11.7 Å². The van der Waals surface area contributed by atoms with Crippen LogP contribution in [0.15, 0.2) is 4.52 Å². The molecule has 0 amide bonds. The van der Waals surface area contributed by atoms with Crippen molar-refractivity contribution in [3.8, 4) is 0 Å². The standard InChI is InChI=1S/C12H19F3N2O3/c1-4-11(5-2,19-6-3)10-16-9(20-17-10)7-8(18)12(13,14)15/h8,18H,4-7H2,1-3H3. The van der Waals surface area contributed by atoms with E-state index < -0.39 is 24.3 Å². The number of aliphatic hydroxyl groups is 1. The van der Waals surface area contributed by atoms with Gasteiger partial charge >= 0.3 is 6.18 Å². The van der Waals surface area contributed by atoms with Crippen LogP contribution in [0.2, 0.25) is 0 Å². The number of hydrogen-bond donors (Lipinski definition) is 1. The minimum atomic E-state index is -4.71. The van der Waals surface area contributed by atoms with Crippen LogP contribution in [-0.2, 0) is 16.8 Å². The highest BCUT2D eigenvalue weighted by Crippen LogP contribution is 2.31. The molecular formula is C12H19F3N2O3. The van der Waals surface area contributed by atoms with Crippen LogP contribution in [0.25, 0.3) is 0 Å². The highest BCUT2D eigenvalue weighted by atomic mass is 19.4. The molecule has 116 valence electrons. The molecule has 1 aromatic heterocycles. The predicted molar refractivity (Wildman–Crippen MR) is 63.9 cm³/mol. The quantitative estimate of drug-likeness (QED) is 0.837. The summed E-state index contributed by atoms with van der Waals surface area (Å²) < 4.78 is 47.2. The van der Waals surface area contributed by atoms with E-state index in [0.29, 0.717) is 19.4 Å². The van der Waals surface area contributed by atoms with E-state index in [2.05, 4.69) is 10.1 Å². The van der Waals surface area contributed by atoms with Crippen molar-refractivity contribution in [1.82, 2.24) is 10.1 Å². The highest BCUT2D eigenvalue weighted by molar-refractivity contribution is 5.01. The molecule has 1 rings (SSSR count). The second-order valence-corrected chi connectivity index (χ2v) is 4.41. The Balaban J connectivity index is 2.90. The van der Waals surface area contributed by atoms with Gasteiger partial charge < -0.3 is 14.4 Å². The zero-order chi connectivity index (χ0) is 15.4. The van der Waals surface area contributed by atoms with E-state index in [9.17, 15) is 13.2 Å². The zero-order valence-corrected chi connectivity index (χ0v) is 11.7. The Bertz CT molecular complexity index is 416. The molecule has 0 saturated carbocycles. The summed E-state index contributed by atoms with van der Waals surface area (Å²) >= 11 is 0. The second-order valence-electron chi connectivity index (χ2n) is 4.41. The Hall–Kier alpha value is -1.15. The third-order valence-electron chi connectivity index (χ3n) is 3.18. The van der Waals surface area contributed by atoms with Gasteiger partial charge in [0.15, 0.2) is 6.10 Å². The van der Waals surface area contributed by atoms with Gasteiger partial charge in [0.1, 0.15) is 5.60 Å². The van der Waals surface area contributed by atoms with Crippen LogP contribution in [0.1, 0.15) is 45.3 Å². The lowest BCUT2D eigenvalue weighted by Crippen LogP contribution is -2.31. The molecule has 20 heavy (non-hydrogen) atoms. The summed E-state index contributed by atoms with van der Waals surface area (Å²) in [7, 11) is 0. The monoisotopic (exact) mass is 296 g/mol. The van der Waals surface area contributed by atoms with Gasteiger partial charge in [-0.3, -0.25) is 0 Å². The minimum Gasteiger partial charge on any atom is -0.383 e. The summed E-state index contributed by atoms with van der Waals surface area (Å²) in [4.78, 5) is 3.93. The van der Waals surface area contributed by atoms with Crippen molar-refractivity contribution in [2.45, 2.75) is 57.9 Å². The molecule has 1 unspecified atom stereocenters. The number of halogens is 3. The number of hydrogen-bond acceptors (Lipinski definition) is 5. The maximum Gasteiger partial charge on any atom is 0.414 e. The molecule has 1 aromatic rings. The Labute approximate surface area is 115 Å². The fourth-order valence-corrected chi connectivity index (χ4v) is 1.92. The third-order valence-corrected chi connectivity index (χ3v) is 3.18. The fourth-order valence-electron chi connectivity index (χ4n) is 1.92. The molecule has 8 heteroatoms. The summed E-state index contributed by atoms with van der Waals surface area (Å²) in [6.07, 6.45) is -6.84. The van der Waals surface area contributed by atoms with Crippen LogP contribution in [0, 0.1) is 0 Å². The molecule has 0 aromatic carbocycles. The van der Waals surface area contributed by atoms with Gasteiger partial charge in [-0.05, 0) is 19.8 Å². The Morgan fingerprint density at radius 3 is 2.30 bits per heavy atom. The molecule has 5 nitrogen and oxygen atoms in total. The predicted octanol–water partition coefficient (Wildman–Crippen LogP) is 2.59. The van der Waals surface area contributed by atoms with E-state index in [1.807, 2.05) is 20.8 Å². The highest BCUT2D eigenvalue weighted by Gasteiger charge is 2.40. The first kappa shape index (κ1) is 16.9. The Morgan fingerprint density at radius 1 is 1.25 bits per heavy atom. The summed E-state index contributed by atoms with van der Waals surface area (Å²) in [5.41, 5.74) is -0.764. The van der Waals surface area contributed by atoms with Crippen molar-refractivity contribution in [2.24, 2.45) is 0 Å². The molecule has 0 aliphatic rings. The molecule has 0 spiro atoms. The molecule has 1 atom stereocenters. The summed E-state index contributed by atoms with van der Waals surface area (Å²) in [6, 6.07) is 0. The molecule has 0 radical (unpaired) electrons. The molecular weight excluding hydrogens is 277 g/mol. The van der Waals surface area contributed by atoms with Crippen LogP contribution >= 0.6 is 0 Å². The van der Waals surface area contributed by atoms with Crippen LogP contribution in [0.4, 0.5) is 13.2 Å². The third kappa shape index (κ3) is 3.69. The summed E-state index contributed by atoms with van der Waals surface area (Å²) in [6.45, 7) is 5.99. The lowest BCUT2D eigenvalue weighted by atomic mass is 9.96. The van der Waals surface area contributed by atoms with Crippen molar-refractivity contribution < 1.29 is 27.5 Å². The number of aromatic nitrogens is 2. The summed E-state index contributed by atoms with van der Waals surface area (Å²) in [5.74, 6) is -0.0375. The number of ether oxygens (including phenoxy) is 1. The molecule has 0 aliphatic heterocycles. The Morgan fingerprint density at radius 2 is 1.85 bits per heavy atom. The van der Waals surface area contributed by atoms with Crippen LogP contribution in [0.5, 0.6) is 0 Å². The first-order chi connectivity index (χ1) is 9.29. The molecule has 0 saturated heterocycles. The zero-order valence-electron chi connectivity index (χ0n) is 11.7. The van der Waals surface area contributed by atoms with Gasteiger partial charge in [0.25, 0.3) is 0 Å². The minimum absolute atomic E-state index is 0.216. The van der Waals surface area contributed by atoms with E-state index >= 15 is 0 Å². The lowest BCUT2D eigenvalue weighted by Gasteiger charge is -2.27. The Kier molecular flexibility index (Phi) is 5.52. The van der Waals surface area contributed by atoms with Gasteiger partial charge in [-0.25, -0.2) is 0 Å². The second kappa shape index (κ2) is 6.53. The normalized spacial score (nSPS) is 14.6. The molecule has 1 N–H and O–H groups in total. The van der Waals surface area contributed by atoms with Gasteiger partial charge in [-0.2, -0.15) is 18.2 Å². The van der Waals surface area contributed by atoms with Crippen molar-refractivity contribution in [3.63, 3.8) is 0 Å². The van der Waals surface area contributed by atoms with Gasteiger partial charge in [-0.15, -0.1) is 0 Å². The topological polar surface area (TPSA) is 68.4 Å². The van der Waals surface area contributed by atoms with Crippen LogP contribution in [-0.4, -0.2) is 34.1 Å². The smallest absolute Gasteiger partial charge is 0.383 e. The van der Waals surface area contributed by atoms with E-state index in [0.717, 1.165) is 0 Å². The number of aliphatic hydroxyl groups excluding tert-OH is 1. The number of alkyl halides is 3. The van der Waals surface area contributed by atoms with Gasteiger partial charge in [0, 0.05) is 6.61 Å². The average Bonchev–Trinajstić information content (AvgIpc) is 2.84.